The van der Waals surface area contributed by atoms with Crippen molar-refractivity contribution in [3.05, 3.63) is 17.2 Å². The zero-order chi connectivity index (χ0) is 15.2. The van der Waals surface area contributed by atoms with E-state index in [1.165, 1.54) is 11.7 Å². The number of rotatable bonds is 2. The fraction of sp³-hybridized carbons (Fsp3) is 0.273. The fourth-order valence-electron chi connectivity index (χ4n) is 1.55. The van der Waals surface area contributed by atoms with E-state index in [0.29, 0.717) is 5.02 Å². The van der Waals surface area contributed by atoms with Gasteiger partial charge in [0, 0.05) is 6.54 Å². The molecule has 0 saturated carbocycles. The van der Waals surface area contributed by atoms with Crippen LogP contribution in [-0.2, 0) is 4.79 Å². The monoisotopic (exact) mass is 347 g/mol. The first-order chi connectivity index (χ1) is 10.1. The van der Waals surface area contributed by atoms with E-state index in [2.05, 4.69) is 24.4 Å². The van der Waals surface area contributed by atoms with Gasteiger partial charge in [0.25, 0.3) is 0 Å². The summed E-state index contributed by atoms with van der Waals surface area (Å²) >= 11 is 12.0. The summed E-state index contributed by atoms with van der Waals surface area (Å²) in [5.74, 6) is -0.547. The maximum Gasteiger partial charge on any atom is 0.318 e. The maximum absolute atomic E-state index is 9.24. The Morgan fingerprint density at radius 1 is 1.48 bits per heavy atom. The van der Waals surface area contributed by atoms with E-state index in [1.807, 2.05) is 12.1 Å². The van der Waals surface area contributed by atoms with Crippen LogP contribution in [0.3, 0.4) is 0 Å². The summed E-state index contributed by atoms with van der Waals surface area (Å²) in [6.45, 7) is 1.64. The fourth-order valence-corrected chi connectivity index (χ4v) is 2.29. The van der Waals surface area contributed by atoms with Crippen LogP contribution in [0.4, 0.5) is 5.69 Å². The Kier molecular flexibility index (Phi) is 5.54. The van der Waals surface area contributed by atoms with Gasteiger partial charge in [0.05, 0.1) is 29.0 Å². The smallest absolute Gasteiger partial charge is 0.318 e. The van der Waals surface area contributed by atoms with Crippen LogP contribution in [0.15, 0.2) is 17.1 Å². The van der Waals surface area contributed by atoms with E-state index in [1.54, 1.807) is 0 Å². The predicted octanol–water partition coefficient (Wildman–Crippen LogP) is 2.03. The number of benzene rings is 1. The van der Waals surface area contributed by atoms with Gasteiger partial charge in [-0.1, -0.05) is 11.6 Å². The molecule has 0 bridgehead atoms. The molecule has 1 aliphatic heterocycles. The SMILES string of the molecule is Clc1ccc2nsnc2c1NC1=NCCN1.O=C(O)CCl. The minimum absolute atomic E-state index is 0.306. The molecule has 10 heteroatoms. The molecule has 0 amide bonds. The molecule has 0 saturated heterocycles. The average molecular weight is 348 g/mol. The highest BCUT2D eigenvalue weighted by Crippen LogP contribution is 2.29. The Labute approximate surface area is 134 Å². The van der Waals surface area contributed by atoms with Crippen molar-refractivity contribution < 1.29 is 9.90 Å². The van der Waals surface area contributed by atoms with Gasteiger partial charge in [-0.25, -0.2) is 0 Å². The summed E-state index contributed by atoms with van der Waals surface area (Å²) in [5, 5.41) is 14.5. The lowest BCUT2D eigenvalue weighted by Gasteiger charge is -2.08. The van der Waals surface area contributed by atoms with Gasteiger partial charge >= 0.3 is 5.97 Å². The average Bonchev–Trinajstić information content (AvgIpc) is 3.13. The Hall–Kier alpha value is -1.64. The highest BCUT2D eigenvalue weighted by atomic mass is 35.5. The van der Waals surface area contributed by atoms with Crippen molar-refractivity contribution in [3.63, 3.8) is 0 Å². The quantitative estimate of drug-likeness (QED) is 0.718. The third-order valence-electron chi connectivity index (χ3n) is 2.41. The van der Waals surface area contributed by atoms with Crippen molar-refractivity contribution in [2.45, 2.75) is 0 Å². The van der Waals surface area contributed by atoms with E-state index >= 15 is 0 Å². The van der Waals surface area contributed by atoms with E-state index in [-0.39, 0.29) is 5.88 Å². The Bertz CT molecular complexity index is 676. The van der Waals surface area contributed by atoms with Crippen LogP contribution in [0.2, 0.25) is 5.02 Å². The molecule has 2 heterocycles. The van der Waals surface area contributed by atoms with Crippen molar-refractivity contribution in [3.8, 4) is 0 Å². The zero-order valence-electron chi connectivity index (χ0n) is 10.6. The number of anilines is 1. The summed E-state index contributed by atoms with van der Waals surface area (Å²) < 4.78 is 8.39. The lowest BCUT2D eigenvalue weighted by atomic mass is 10.2. The minimum atomic E-state index is -0.980. The summed E-state index contributed by atoms with van der Waals surface area (Å²) in [7, 11) is 0. The third-order valence-corrected chi connectivity index (χ3v) is 3.50. The first-order valence-corrected chi connectivity index (χ1v) is 7.50. The zero-order valence-corrected chi connectivity index (χ0v) is 13.0. The topological polar surface area (TPSA) is 99.5 Å². The van der Waals surface area contributed by atoms with Gasteiger partial charge in [0.2, 0.25) is 0 Å². The highest BCUT2D eigenvalue weighted by Gasteiger charge is 2.13. The maximum atomic E-state index is 9.24. The van der Waals surface area contributed by atoms with Crippen LogP contribution in [-0.4, -0.2) is 44.8 Å². The standard InChI is InChI=1S/C9H8ClN5S.C2H3ClO2/c10-5-1-2-6-8(15-16-14-6)7(5)13-9-11-3-4-12-9;3-1-2(4)5/h1-2H,3-4H2,(H2,11,12,13);1H2,(H,4,5). The van der Waals surface area contributed by atoms with Crippen LogP contribution in [0, 0.1) is 0 Å². The van der Waals surface area contributed by atoms with Gasteiger partial charge < -0.3 is 15.7 Å². The summed E-state index contributed by atoms with van der Waals surface area (Å²) in [6, 6.07) is 3.67. The molecule has 0 fully saturated rings. The van der Waals surface area contributed by atoms with Crippen molar-refractivity contribution in [1.82, 2.24) is 14.1 Å². The first-order valence-electron chi connectivity index (χ1n) is 5.85. The normalized spacial score (nSPS) is 13.1. The molecule has 7 nitrogen and oxygen atoms in total. The van der Waals surface area contributed by atoms with Gasteiger partial charge in [-0.3, -0.25) is 9.79 Å². The number of nitrogens with zero attached hydrogens (tertiary/aromatic N) is 3. The number of fused-ring (bicyclic) bond motifs is 1. The van der Waals surface area contributed by atoms with E-state index in [4.69, 9.17) is 28.3 Å². The van der Waals surface area contributed by atoms with Crippen molar-refractivity contribution in [2.75, 3.05) is 24.3 Å². The molecule has 1 aliphatic rings. The molecule has 3 N–H and O–H groups in total. The predicted molar refractivity (Wildman–Crippen MR) is 84.7 cm³/mol. The number of guanidine groups is 1. The van der Waals surface area contributed by atoms with E-state index < -0.39 is 5.97 Å². The number of nitrogens with one attached hydrogen (secondary N) is 2. The van der Waals surface area contributed by atoms with Crippen molar-refractivity contribution in [2.24, 2.45) is 4.99 Å². The number of halogens is 2. The van der Waals surface area contributed by atoms with Crippen LogP contribution in [0.25, 0.3) is 11.0 Å². The molecule has 0 atom stereocenters. The van der Waals surface area contributed by atoms with Gasteiger partial charge in [-0.2, -0.15) is 8.75 Å². The molecule has 21 heavy (non-hydrogen) atoms. The second-order valence-electron chi connectivity index (χ2n) is 3.86. The Balaban J connectivity index is 0.000000282. The van der Waals surface area contributed by atoms with Gasteiger partial charge in [-0.15, -0.1) is 11.6 Å². The Morgan fingerprint density at radius 2 is 2.24 bits per heavy atom. The Morgan fingerprint density at radius 3 is 2.86 bits per heavy atom. The summed E-state index contributed by atoms with van der Waals surface area (Å²) in [4.78, 5) is 13.5. The summed E-state index contributed by atoms with van der Waals surface area (Å²) in [5.41, 5.74) is 2.39. The van der Waals surface area contributed by atoms with Gasteiger partial charge in [0.1, 0.15) is 16.9 Å². The molecule has 3 rings (SSSR count). The largest absolute Gasteiger partial charge is 0.480 e. The number of aliphatic imine (C=N–C) groups is 1. The molecule has 0 aliphatic carbocycles. The number of aliphatic carboxylic acids is 1. The number of aromatic nitrogens is 2. The van der Waals surface area contributed by atoms with E-state index in [9.17, 15) is 4.79 Å². The number of carboxylic acid groups (broad SMARTS) is 1. The van der Waals surface area contributed by atoms with Gasteiger partial charge in [-0.05, 0) is 12.1 Å². The second-order valence-corrected chi connectivity index (χ2v) is 5.07. The molecule has 112 valence electrons. The number of hydrogen-bond acceptors (Lipinski definition) is 7. The molecular formula is C11H11Cl2N5O2S. The van der Waals surface area contributed by atoms with Crippen LogP contribution in [0.5, 0.6) is 0 Å². The lowest BCUT2D eigenvalue weighted by Crippen LogP contribution is -2.26. The molecule has 1 aromatic heterocycles. The second kappa shape index (κ2) is 7.39. The first kappa shape index (κ1) is 15.7. The number of carboxylic acids is 1. The molecule has 1 aromatic carbocycles. The molecule has 0 radical (unpaired) electrons. The lowest BCUT2D eigenvalue weighted by molar-refractivity contribution is -0.134. The number of alkyl halides is 1. The van der Waals surface area contributed by atoms with Crippen LogP contribution >= 0.6 is 34.9 Å². The summed E-state index contributed by atoms with van der Waals surface area (Å²) in [6.07, 6.45) is 0. The van der Waals surface area contributed by atoms with Crippen molar-refractivity contribution in [1.29, 1.82) is 0 Å². The number of carbonyl (C=O) groups is 1. The molecular weight excluding hydrogens is 337 g/mol. The van der Waals surface area contributed by atoms with E-state index in [0.717, 1.165) is 35.8 Å². The minimum Gasteiger partial charge on any atom is -0.480 e. The highest BCUT2D eigenvalue weighted by molar-refractivity contribution is 7.00. The van der Waals surface area contributed by atoms with Gasteiger partial charge in [0.15, 0.2) is 5.96 Å². The molecule has 2 aromatic rings. The van der Waals surface area contributed by atoms with Crippen LogP contribution in [0.1, 0.15) is 0 Å². The number of hydrogen-bond donors (Lipinski definition) is 3. The van der Waals surface area contributed by atoms with Crippen molar-refractivity contribution >= 4 is 63.6 Å². The third kappa shape index (κ3) is 4.16. The molecule has 0 unspecified atom stereocenters. The molecule has 0 spiro atoms. The van der Waals surface area contributed by atoms with Crippen LogP contribution < -0.4 is 10.6 Å².